The SMILES string of the molecule is CC1(C)COc2cc(Cl)c(C3(CN)CC3)cc2OC1. The van der Waals surface area contributed by atoms with Gasteiger partial charge < -0.3 is 15.2 Å². The van der Waals surface area contributed by atoms with Crippen molar-refractivity contribution in [3.8, 4) is 11.5 Å². The molecule has 19 heavy (non-hydrogen) atoms. The third-order valence-electron chi connectivity index (χ3n) is 4.09. The van der Waals surface area contributed by atoms with E-state index in [4.69, 9.17) is 26.8 Å². The van der Waals surface area contributed by atoms with Crippen molar-refractivity contribution in [3.63, 3.8) is 0 Å². The van der Waals surface area contributed by atoms with Crippen LogP contribution in [0.25, 0.3) is 0 Å². The van der Waals surface area contributed by atoms with E-state index in [1.165, 1.54) is 0 Å². The Balaban J connectivity index is 1.98. The predicted octanol–water partition coefficient (Wildman–Crippen LogP) is 3.13. The lowest BCUT2D eigenvalue weighted by Crippen LogP contribution is -2.26. The molecule has 3 rings (SSSR count). The molecular formula is C15H20ClNO2. The van der Waals surface area contributed by atoms with Crippen LogP contribution in [0, 0.1) is 5.41 Å². The van der Waals surface area contributed by atoms with E-state index >= 15 is 0 Å². The molecule has 0 radical (unpaired) electrons. The van der Waals surface area contributed by atoms with Crippen molar-refractivity contribution in [1.82, 2.24) is 0 Å². The smallest absolute Gasteiger partial charge is 0.162 e. The second kappa shape index (κ2) is 4.29. The van der Waals surface area contributed by atoms with Crippen molar-refractivity contribution >= 4 is 11.6 Å². The first kappa shape index (κ1) is 13.1. The third kappa shape index (κ3) is 2.30. The second-order valence-corrected chi connectivity index (χ2v) is 6.91. The molecule has 0 saturated heterocycles. The second-order valence-electron chi connectivity index (χ2n) is 6.50. The first-order valence-corrected chi connectivity index (χ1v) is 7.13. The van der Waals surface area contributed by atoms with Crippen LogP contribution in [0.1, 0.15) is 32.3 Å². The van der Waals surface area contributed by atoms with Crippen molar-refractivity contribution in [2.75, 3.05) is 19.8 Å². The number of fused-ring (bicyclic) bond motifs is 1. The summed E-state index contributed by atoms with van der Waals surface area (Å²) in [4.78, 5) is 0. The van der Waals surface area contributed by atoms with Gasteiger partial charge in [0.15, 0.2) is 11.5 Å². The van der Waals surface area contributed by atoms with Crippen molar-refractivity contribution < 1.29 is 9.47 Å². The van der Waals surface area contributed by atoms with Crippen LogP contribution in [-0.4, -0.2) is 19.8 Å². The number of nitrogens with two attached hydrogens (primary N) is 1. The van der Waals surface area contributed by atoms with Crippen LogP contribution in [0.3, 0.4) is 0 Å². The maximum absolute atomic E-state index is 6.40. The molecule has 0 atom stereocenters. The number of halogens is 1. The molecule has 2 aliphatic rings. The van der Waals surface area contributed by atoms with Crippen LogP contribution < -0.4 is 15.2 Å². The van der Waals surface area contributed by atoms with Gasteiger partial charge in [-0.05, 0) is 24.5 Å². The zero-order chi connectivity index (χ0) is 13.7. The number of benzene rings is 1. The average Bonchev–Trinajstić information content (AvgIpc) is 3.16. The largest absolute Gasteiger partial charge is 0.489 e. The van der Waals surface area contributed by atoms with E-state index < -0.39 is 0 Å². The number of hydrogen-bond acceptors (Lipinski definition) is 3. The van der Waals surface area contributed by atoms with E-state index in [2.05, 4.69) is 13.8 Å². The summed E-state index contributed by atoms with van der Waals surface area (Å²) >= 11 is 6.40. The molecule has 3 nitrogen and oxygen atoms in total. The molecule has 4 heteroatoms. The van der Waals surface area contributed by atoms with Gasteiger partial charge in [-0.2, -0.15) is 0 Å². The van der Waals surface area contributed by atoms with E-state index in [1.807, 2.05) is 12.1 Å². The van der Waals surface area contributed by atoms with Gasteiger partial charge in [0, 0.05) is 28.5 Å². The lowest BCUT2D eigenvalue weighted by Gasteiger charge is -2.19. The zero-order valence-electron chi connectivity index (χ0n) is 11.5. The molecule has 0 aromatic heterocycles. The van der Waals surface area contributed by atoms with E-state index in [0.717, 1.165) is 34.9 Å². The standard InChI is InChI=1S/C15H20ClNO2/c1-14(2)8-18-12-5-10(15(7-17)3-4-15)11(16)6-13(12)19-9-14/h5-6H,3-4,7-9,17H2,1-2H3. The van der Waals surface area contributed by atoms with Gasteiger partial charge in [0.25, 0.3) is 0 Å². The van der Waals surface area contributed by atoms with Crippen LogP contribution in [0.15, 0.2) is 12.1 Å². The quantitative estimate of drug-likeness (QED) is 0.906. The Morgan fingerprint density at radius 1 is 1.16 bits per heavy atom. The van der Waals surface area contributed by atoms with Crippen molar-refractivity contribution in [3.05, 3.63) is 22.7 Å². The van der Waals surface area contributed by atoms with Gasteiger partial charge in [-0.15, -0.1) is 0 Å². The first-order valence-electron chi connectivity index (χ1n) is 6.76. The molecule has 0 spiro atoms. The molecule has 104 valence electrons. The van der Waals surface area contributed by atoms with Gasteiger partial charge in [0.05, 0.1) is 13.2 Å². The topological polar surface area (TPSA) is 44.5 Å². The Kier molecular flexibility index (Phi) is 2.95. The summed E-state index contributed by atoms with van der Waals surface area (Å²) in [5, 5.41) is 0.741. The molecule has 0 amide bonds. The van der Waals surface area contributed by atoms with Gasteiger partial charge in [-0.3, -0.25) is 0 Å². The minimum atomic E-state index is 0.0107. The molecule has 1 aromatic rings. The molecule has 1 saturated carbocycles. The van der Waals surface area contributed by atoms with Crippen LogP contribution in [0.4, 0.5) is 0 Å². The van der Waals surface area contributed by atoms with Crippen LogP contribution in [0.5, 0.6) is 11.5 Å². The highest BCUT2D eigenvalue weighted by Crippen LogP contribution is 2.52. The molecule has 1 aromatic carbocycles. The molecule has 0 bridgehead atoms. The van der Waals surface area contributed by atoms with Gasteiger partial charge in [0.1, 0.15) is 0 Å². The highest BCUT2D eigenvalue weighted by atomic mass is 35.5. The maximum atomic E-state index is 6.40. The predicted molar refractivity (Wildman–Crippen MR) is 76.2 cm³/mol. The van der Waals surface area contributed by atoms with Crippen LogP contribution >= 0.6 is 11.6 Å². The Morgan fingerprint density at radius 3 is 2.26 bits per heavy atom. The lowest BCUT2D eigenvalue weighted by molar-refractivity contribution is 0.140. The van der Waals surface area contributed by atoms with Gasteiger partial charge in [-0.1, -0.05) is 25.4 Å². The highest BCUT2D eigenvalue weighted by Gasteiger charge is 2.45. The van der Waals surface area contributed by atoms with Gasteiger partial charge >= 0.3 is 0 Å². The normalized spacial score (nSPS) is 22.7. The van der Waals surface area contributed by atoms with Gasteiger partial charge in [0.2, 0.25) is 0 Å². The zero-order valence-corrected chi connectivity index (χ0v) is 12.2. The third-order valence-corrected chi connectivity index (χ3v) is 4.40. The average molecular weight is 282 g/mol. The Morgan fingerprint density at radius 2 is 1.74 bits per heavy atom. The van der Waals surface area contributed by atoms with Gasteiger partial charge in [-0.25, -0.2) is 0 Å². The summed E-state index contributed by atoms with van der Waals surface area (Å²) in [6.07, 6.45) is 2.21. The molecule has 2 N–H and O–H groups in total. The highest BCUT2D eigenvalue weighted by molar-refractivity contribution is 6.31. The van der Waals surface area contributed by atoms with E-state index in [-0.39, 0.29) is 10.8 Å². The first-order chi connectivity index (χ1) is 8.96. The van der Waals surface area contributed by atoms with Crippen molar-refractivity contribution in [1.29, 1.82) is 0 Å². The number of hydrogen-bond donors (Lipinski definition) is 1. The summed E-state index contributed by atoms with van der Waals surface area (Å²) in [5.41, 5.74) is 7.08. The fourth-order valence-corrected chi connectivity index (χ4v) is 2.84. The van der Waals surface area contributed by atoms with E-state index in [9.17, 15) is 0 Å². The summed E-state index contributed by atoms with van der Waals surface area (Å²) in [6.45, 7) is 6.18. The number of ether oxygens (including phenoxy) is 2. The van der Waals surface area contributed by atoms with Crippen LogP contribution in [-0.2, 0) is 5.41 Å². The summed E-state index contributed by atoms with van der Waals surface area (Å²) in [7, 11) is 0. The minimum absolute atomic E-state index is 0.0107. The van der Waals surface area contributed by atoms with Crippen molar-refractivity contribution in [2.45, 2.75) is 32.1 Å². The monoisotopic (exact) mass is 281 g/mol. The molecular weight excluding hydrogens is 262 g/mol. The van der Waals surface area contributed by atoms with Crippen molar-refractivity contribution in [2.24, 2.45) is 11.1 Å². The minimum Gasteiger partial charge on any atom is -0.489 e. The molecule has 1 aliphatic heterocycles. The fraction of sp³-hybridized carbons (Fsp3) is 0.600. The molecule has 1 heterocycles. The fourth-order valence-electron chi connectivity index (χ4n) is 2.49. The molecule has 0 unspecified atom stereocenters. The summed E-state index contributed by atoms with van der Waals surface area (Å²) < 4.78 is 11.7. The Labute approximate surface area is 119 Å². The van der Waals surface area contributed by atoms with E-state index in [0.29, 0.717) is 19.8 Å². The van der Waals surface area contributed by atoms with Crippen LogP contribution in [0.2, 0.25) is 5.02 Å². The Bertz CT molecular complexity index is 509. The lowest BCUT2D eigenvalue weighted by atomic mass is 9.95. The molecule has 1 fully saturated rings. The maximum Gasteiger partial charge on any atom is 0.162 e. The van der Waals surface area contributed by atoms with E-state index in [1.54, 1.807) is 0 Å². The Hall–Kier alpha value is -0.930. The molecule has 1 aliphatic carbocycles. The summed E-state index contributed by atoms with van der Waals surface area (Å²) in [5.74, 6) is 1.54. The number of rotatable bonds is 2. The summed E-state index contributed by atoms with van der Waals surface area (Å²) in [6, 6.07) is 3.91.